The number of aromatic nitrogens is 1. The van der Waals surface area contributed by atoms with Crippen LogP contribution in [0.15, 0.2) is 34.4 Å². The van der Waals surface area contributed by atoms with Gasteiger partial charge in [-0.05, 0) is 43.8 Å². The van der Waals surface area contributed by atoms with Crippen molar-refractivity contribution in [2.75, 3.05) is 20.1 Å². The van der Waals surface area contributed by atoms with Crippen molar-refractivity contribution in [1.29, 1.82) is 0 Å². The van der Waals surface area contributed by atoms with Gasteiger partial charge in [0.05, 0.1) is 0 Å². The number of hydrogen-bond acceptors (Lipinski definition) is 5. The summed E-state index contributed by atoms with van der Waals surface area (Å²) in [5.41, 5.74) is 0.340. The largest absolute Gasteiger partial charge is 0.364 e. The summed E-state index contributed by atoms with van der Waals surface area (Å²) >= 11 is 1.79. The zero-order valence-electron chi connectivity index (χ0n) is 12.0. The maximum absolute atomic E-state index is 12.0. The molecule has 0 aromatic carbocycles. The standard InChI is InChI=1S/C15H19N3O2S/c1-18-7-2-4-11(14(18)13-5-3-9-21-13)10-16-15(19)12-6-8-20-17-12/h3,5-6,8-9,11,14H,2,4,7,10H2,1H3,(H,16,19)/t11-,14+/m0/s1. The topological polar surface area (TPSA) is 58.4 Å². The van der Waals surface area contributed by atoms with E-state index in [1.54, 1.807) is 17.4 Å². The number of amides is 1. The van der Waals surface area contributed by atoms with E-state index < -0.39 is 0 Å². The molecule has 1 amide bonds. The third-order valence-electron chi connectivity index (χ3n) is 4.04. The summed E-state index contributed by atoms with van der Waals surface area (Å²) in [5, 5.41) is 8.77. The molecule has 1 aliphatic heterocycles. The molecule has 21 heavy (non-hydrogen) atoms. The SMILES string of the molecule is CN1CCC[C@@H](CNC(=O)c2ccon2)[C@@H]1c1cccs1. The Balaban J connectivity index is 1.66. The predicted molar refractivity (Wildman–Crippen MR) is 81.3 cm³/mol. The highest BCUT2D eigenvalue weighted by Crippen LogP contribution is 2.36. The number of hydrogen-bond donors (Lipinski definition) is 1. The Morgan fingerprint density at radius 3 is 3.19 bits per heavy atom. The molecule has 0 bridgehead atoms. The summed E-state index contributed by atoms with van der Waals surface area (Å²) in [6.07, 6.45) is 3.71. The fraction of sp³-hybridized carbons (Fsp3) is 0.467. The van der Waals surface area contributed by atoms with Gasteiger partial charge < -0.3 is 9.84 Å². The number of nitrogens with one attached hydrogen (secondary N) is 1. The second kappa shape index (κ2) is 6.41. The van der Waals surface area contributed by atoms with Crippen LogP contribution in [0.25, 0.3) is 0 Å². The molecule has 1 aliphatic rings. The quantitative estimate of drug-likeness (QED) is 0.943. The fourth-order valence-electron chi connectivity index (χ4n) is 3.03. The Bertz CT molecular complexity index is 568. The van der Waals surface area contributed by atoms with E-state index >= 15 is 0 Å². The third-order valence-corrected chi connectivity index (χ3v) is 4.98. The van der Waals surface area contributed by atoms with Crippen LogP contribution in [0.2, 0.25) is 0 Å². The Morgan fingerprint density at radius 1 is 1.57 bits per heavy atom. The second-order valence-electron chi connectivity index (χ2n) is 5.44. The molecule has 5 nitrogen and oxygen atoms in total. The third kappa shape index (κ3) is 3.16. The number of rotatable bonds is 4. The minimum absolute atomic E-state index is 0.165. The first-order valence-electron chi connectivity index (χ1n) is 7.18. The predicted octanol–water partition coefficient (Wildman–Crippen LogP) is 2.55. The van der Waals surface area contributed by atoms with E-state index in [0.717, 1.165) is 13.0 Å². The maximum Gasteiger partial charge on any atom is 0.273 e. The first-order chi connectivity index (χ1) is 10.3. The van der Waals surface area contributed by atoms with E-state index in [9.17, 15) is 4.79 Å². The molecule has 3 rings (SSSR count). The molecule has 0 radical (unpaired) electrons. The summed E-state index contributed by atoms with van der Waals surface area (Å²) in [4.78, 5) is 15.7. The summed E-state index contributed by atoms with van der Waals surface area (Å²) < 4.78 is 4.71. The highest BCUT2D eigenvalue weighted by atomic mass is 32.1. The molecule has 1 N–H and O–H groups in total. The summed E-state index contributed by atoms with van der Waals surface area (Å²) in [6, 6.07) is 6.24. The Hall–Kier alpha value is -1.66. The van der Waals surface area contributed by atoms with E-state index in [4.69, 9.17) is 4.52 Å². The van der Waals surface area contributed by atoms with Crippen molar-refractivity contribution < 1.29 is 9.32 Å². The number of nitrogens with zero attached hydrogens (tertiary/aromatic N) is 2. The van der Waals surface area contributed by atoms with E-state index in [2.05, 4.69) is 39.9 Å². The highest BCUT2D eigenvalue weighted by molar-refractivity contribution is 7.10. The smallest absolute Gasteiger partial charge is 0.273 e. The van der Waals surface area contributed by atoms with Gasteiger partial charge in [-0.2, -0.15) is 0 Å². The van der Waals surface area contributed by atoms with Gasteiger partial charge in [0.2, 0.25) is 0 Å². The van der Waals surface area contributed by atoms with Gasteiger partial charge in [-0.3, -0.25) is 9.69 Å². The average Bonchev–Trinajstić information content (AvgIpc) is 3.17. The molecule has 112 valence electrons. The molecule has 0 aliphatic carbocycles. The Morgan fingerprint density at radius 2 is 2.48 bits per heavy atom. The highest BCUT2D eigenvalue weighted by Gasteiger charge is 2.31. The van der Waals surface area contributed by atoms with E-state index in [-0.39, 0.29) is 5.91 Å². The molecule has 0 saturated carbocycles. The molecule has 6 heteroatoms. The van der Waals surface area contributed by atoms with Crippen LogP contribution >= 0.6 is 11.3 Å². The Kier molecular flexibility index (Phi) is 4.36. The van der Waals surface area contributed by atoms with Gasteiger partial charge >= 0.3 is 0 Å². The lowest BCUT2D eigenvalue weighted by Crippen LogP contribution is -2.41. The van der Waals surface area contributed by atoms with Crippen molar-refractivity contribution in [2.45, 2.75) is 18.9 Å². The van der Waals surface area contributed by atoms with Crippen LogP contribution in [0.1, 0.15) is 34.2 Å². The molecular formula is C15H19N3O2S. The normalized spacial score (nSPS) is 23.1. The molecular weight excluding hydrogens is 286 g/mol. The van der Waals surface area contributed by atoms with Gasteiger partial charge in [0.1, 0.15) is 6.26 Å². The van der Waals surface area contributed by atoms with Crippen molar-refractivity contribution in [3.8, 4) is 0 Å². The van der Waals surface area contributed by atoms with Gasteiger partial charge in [-0.25, -0.2) is 0 Å². The summed E-state index contributed by atoms with van der Waals surface area (Å²) in [6.45, 7) is 1.77. The number of carbonyl (C=O) groups is 1. The monoisotopic (exact) mass is 305 g/mol. The lowest BCUT2D eigenvalue weighted by Gasteiger charge is -2.38. The minimum Gasteiger partial charge on any atom is -0.364 e. The first-order valence-corrected chi connectivity index (χ1v) is 8.06. The van der Waals surface area contributed by atoms with Crippen LogP contribution in [0.5, 0.6) is 0 Å². The van der Waals surface area contributed by atoms with Gasteiger partial charge in [-0.15, -0.1) is 11.3 Å². The zero-order valence-corrected chi connectivity index (χ0v) is 12.8. The maximum atomic E-state index is 12.0. The van der Waals surface area contributed by atoms with Gasteiger partial charge in [0.25, 0.3) is 5.91 Å². The van der Waals surface area contributed by atoms with Crippen molar-refractivity contribution >= 4 is 17.2 Å². The number of likely N-dealkylation sites (tertiary alicyclic amines) is 1. The summed E-state index contributed by atoms with van der Waals surface area (Å²) in [5.74, 6) is 0.264. The molecule has 0 spiro atoms. The van der Waals surface area contributed by atoms with Crippen LogP contribution in [-0.2, 0) is 0 Å². The lowest BCUT2D eigenvalue weighted by molar-refractivity contribution is 0.0887. The van der Waals surface area contributed by atoms with Crippen LogP contribution in [-0.4, -0.2) is 36.1 Å². The van der Waals surface area contributed by atoms with Crippen molar-refractivity contribution in [1.82, 2.24) is 15.4 Å². The van der Waals surface area contributed by atoms with Crippen LogP contribution in [0.3, 0.4) is 0 Å². The number of thiophene rings is 1. The van der Waals surface area contributed by atoms with Gasteiger partial charge in [0.15, 0.2) is 5.69 Å². The van der Waals surface area contributed by atoms with E-state index in [1.807, 2.05) is 0 Å². The van der Waals surface area contributed by atoms with Crippen molar-refractivity contribution in [3.63, 3.8) is 0 Å². The van der Waals surface area contributed by atoms with Crippen LogP contribution in [0.4, 0.5) is 0 Å². The van der Waals surface area contributed by atoms with E-state index in [0.29, 0.717) is 24.2 Å². The first kappa shape index (κ1) is 14.3. The van der Waals surface area contributed by atoms with Crippen LogP contribution < -0.4 is 5.32 Å². The zero-order chi connectivity index (χ0) is 14.7. The second-order valence-corrected chi connectivity index (χ2v) is 6.42. The van der Waals surface area contributed by atoms with Gasteiger partial charge in [-0.1, -0.05) is 11.2 Å². The van der Waals surface area contributed by atoms with Gasteiger partial charge in [0, 0.05) is 23.5 Å². The van der Waals surface area contributed by atoms with E-state index in [1.165, 1.54) is 17.6 Å². The molecule has 1 fully saturated rings. The lowest BCUT2D eigenvalue weighted by atomic mass is 9.88. The number of carbonyl (C=O) groups excluding carboxylic acids is 1. The molecule has 2 aromatic heterocycles. The molecule has 1 saturated heterocycles. The summed E-state index contributed by atoms with van der Waals surface area (Å²) in [7, 11) is 2.16. The fourth-order valence-corrected chi connectivity index (χ4v) is 4.01. The molecule has 2 aromatic rings. The van der Waals surface area contributed by atoms with Crippen LogP contribution in [0, 0.1) is 5.92 Å². The molecule has 0 unspecified atom stereocenters. The van der Waals surface area contributed by atoms with Crippen molar-refractivity contribution in [3.05, 3.63) is 40.4 Å². The average molecular weight is 305 g/mol. The molecule has 2 atom stereocenters. The number of piperidine rings is 1. The molecule has 3 heterocycles. The van der Waals surface area contributed by atoms with Crippen molar-refractivity contribution in [2.24, 2.45) is 5.92 Å². The minimum atomic E-state index is -0.165. The Labute approximate surface area is 127 Å².